The predicted octanol–water partition coefficient (Wildman–Crippen LogP) is 0.394. The van der Waals surface area contributed by atoms with Crippen LogP contribution in [-0.4, -0.2) is 32.7 Å². The summed E-state index contributed by atoms with van der Waals surface area (Å²) in [6, 6.07) is 0. The molecule has 0 radical (unpaired) electrons. The quantitative estimate of drug-likeness (QED) is 0.411. The molecule has 0 bridgehead atoms. The highest BCUT2D eigenvalue weighted by molar-refractivity contribution is 4.90. The molecule has 1 aliphatic rings. The molecule has 54 valence electrons. The van der Waals surface area contributed by atoms with Crippen molar-refractivity contribution in [3.63, 3.8) is 0 Å². The Labute approximate surface area is 54.9 Å². The van der Waals surface area contributed by atoms with Crippen LogP contribution in [0.3, 0.4) is 0 Å². The van der Waals surface area contributed by atoms with Crippen LogP contribution in [0.2, 0.25) is 0 Å². The number of ether oxygens (including phenoxy) is 3. The molecule has 9 heavy (non-hydrogen) atoms. The first-order chi connectivity index (χ1) is 4.23. The topological polar surface area (TPSA) is 31.0 Å². The van der Waals surface area contributed by atoms with Crippen LogP contribution in [0, 0.1) is 0 Å². The fourth-order valence-electron chi connectivity index (χ4n) is 0.845. The van der Waals surface area contributed by atoms with Crippen LogP contribution in [0.5, 0.6) is 0 Å². The van der Waals surface area contributed by atoms with E-state index in [4.69, 9.17) is 14.2 Å². The maximum atomic E-state index is 5.09. The van der Waals surface area contributed by atoms with Gasteiger partial charge in [0.05, 0.1) is 6.61 Å². The summed E-state index contributed by atoms with van der Waals surface area (Å²) < 4.78 is 15.0. The van der Waals surface area contributed by atoms with E-state index in [1.165, 1.54) is 0 Å². The molecule has 1 unspecified atom stereocenters. The van der Waals surface area contributed by atoms with E-state index in [1.807, 2.05) is 6.92 Å². The summed E-state index contributed by atoms with van der Waals surface area (Å²) in [5.74, 6) is 0. The second-order valence-electron chi connectivity index (χ2n) is 2.40. The van der Waals surface area contributed by atoms with Crippen LogP contribution >= 0.6 is 0 Å². The third-order valence-corrected chi connectivity index (χ3v) is 1.53. The van der Waals surface area contributed by atoms with Gasteiger partial charge in [-0.1, -0.05) is 0 Å². The van der Waals surface area contributed by atoms with Crippen LogP contribution in [0.1, 0.15) is 6.92 Å². The average molecular weight is 132 g/mol. The van der Waals surface area contributed by atoms with Gasteiger partial charge in [0.25, 0.3) is 0 Å². The predicted molar refractivity (Wildman–Crippen MR) is 32.2 cm³/mol. The summed E-state index contributed by atoms with van der Waals surface area (Å²) in [5.41, 5.74) is -0.177. The number of hydrogen-bond donors (Lipinski definition) is 0. The number of epoxide rings is 1. The van der Waals surface area contributed by atoms with Gasteiger partial charge < -0.3 is 14.2 Å². The molecule has 0 aromatic rings. The zero-order valence-electron chi connectivity index (χ0n) is 6.01. The SMILES string of the molecule is COC(OC)C1(C)CO1. The lowest BCUT2D eigenvalue weighted by Gasteiger charge is -2.16. The minimum Gasteiger partial charge on any atom is -0.364 e. The van der Waals surface area contributed by atoms with Crippen LogP contribution in [0.15, 0.2) is 0 Å². The van der Waals surface area contributed by atoms with E-state index in [2.05, 4.69) is 0 Å². The lowest BCUT2D eigenvalue weighted by Crippen LogP contribution is -2.30. The van der Waals surface area contributed by atoms with Crippen LogP contribution in [-0.2, 0) is 14.2 Å². The zero-order valence-corrected chi connectivity index (χ0v) is 6.01. The third-order valence-electron chi connectivity index (χ3n) is 1.53. The van der Waals surface area contributed by atoms with Gasteiger partial charge in [0, 0.05) is 14.2 Å². The van der Waals surface area contributed by atoms with Gasteiger partial charge in [-0.25, -0.2) is 0 Å². The normalized spacial score (nSPS) is 33.3. The Kier molecular flexibility index (Phi) is 1.75. The van der Waals surface area contributed by atoms with Crippen molar-refractivity contribution in [1.82, 2.24) is 0 Å². The van der Waals surface area contributed by atoms with Crippen molar-refractivity contribution in [3.8, 4) is 0 Å². The Morgan fingerprint density at radius 1 is 1.44 bits per heavy atom. The highest BCUT2D eigenvalue weighted by atomic mass is 16.7. The molecule has 1 fully saturated rings. The fourth-order valence-corrected chi connectivity index (χ4v) is 0.845. The number of rotatable bonds is 3. The summed E-state index contributed by atoms with van der Waals surface area (Å²) in [7, 11) is 3.22. The maximum Gasteiger partial charge on any atom is 0.187 e. The molecule has 0 aromatic carbocycles. The van der Waals surface area contributed by atoms with Crippen molar-refractivity contribution in [3.05, 3.63) is 0 Å². The molecule has 3 heteroatoms. The third kappa shape index (κ3) is 1.23. The van der Waals surface area contributed by atoms with E-state index in [0.717, 1.165) is 6.61 Å². The fraction of sp³-hybridized carbons (Fsp3) is 1.00. The lowest BCUT2D eigenvalue weighted by molar-refractivity contribution is -0.140. The molecular weight excluding hydrogens is 120 g/mol. The van der Waals surface area contributed by atoms with Crippen molar-refractivity contribution >= 4 is 0 Å². The van der Waals surface area contributed by atoms with Gasteiger partial charge in [-0.3, -0.25) is 0 Å². The van der Waals surface area contributed by atoms with Gasteiger partial charge in [-0.2, -0.15) is 0 Å². The molecule has 1 heterocycles. The van der Waals surface area contributed by atoms with E-state index in [-0.39, 0.29) is 11.9 Å². The van der Waals surface area contributed by atoms with E-state index in [9.17, 15) is 0 Å². The molecule has 1 rings (SSSR count). The lowest BCUT2D eigenvalue weighted by atomic mass is 10.2. The summed E-state index contributed by atoms with van der Waals surface area (Å²) in [5, 5.41) is 0. The smallest absolute Gasteiger partial charge is 0.187 e. The van der Waals surface area contributed by atoms with Crippen molar-refractivity contribution in [2.45, 2.75) is 18.8 Å². The van der Waals surface area contributed by atoms with E-state index >= 15 is 0 Å². The molecule has 1 atom stereocenters. The Hall–Kier alpha value is -0.120. The summed E-state index contributed by atoms with van der Waals surface area (Å²) in [6.45, 7) is 2.70. The second-order valence-corrected chi connectivity index (χ2v) is 2.40. The Balaban J connectivity index is 2.37. The van der Waals surface area contributed by atoms with E-state index < -0.39 is 0 Å². The van der Waals surface area contributed by atoms with Gasteiger partial charge >= 0.3 is 0 Å². The Morgan fingerprint density at radius 3 is 2.00 bits per heavy atom. The minimum atomic E-state index is -0.211. The molecule has 1 aliphatic heterocycles. The Bertz CT molecular complexity index is 94.5. The highest BCUT2D eigenvalue weighted by Gasteiger charge is 2.48. The molecule has 3 nitrogen and oxygen atoms in total. The van der Waals surface area contributed by atoms with Gasteiger partial charge in [0.15, 0.2) is 6.29 Å². The summed E-state index contributed by atoms with van der Waals surface area (Å²) >= 11 is 0. The molecule has 0 aromatic heterocycles. The first-order valence-corrected chi connectivity index (χ1v) is 2.92. The molecule has 0 spiro atoms. The van der Waals surface area contributed by atoms with Crippen molar-refractivity contribution < 1.29 is 14.2 Å². The van der Waals surface area contributed by atoms with Gasteiger partial charge in [-0.15, -0.1) is 0 Å². The second kappa shape index (κ2) is 2.25. The van der Waals surface area contributed by atoms with E-state index in [0.29, 0.717) is 0 Å². The Morgan fingerprint density at radius 2 is 1.89 bits per heavy atom. The largest absolute Gasteiger partial charge is 0.364 e. The van der Waals surface area contributed by atoms with Crippen LogP contribution < -0.4 is 0 Å². The first kappa shape index (κ1) is 6.99. The number of hydrogen-bond acceptors (Lipinski definition) is 3. The van der Waals surface area contributed by atoms with Gasteiger partial charge in [0.2, 0.25) is 0 Å². The summed E-state index contributed by atoms with van der Waals surface area (Å²) in [4.78, 5) is 0. The molecule has 1 saturated heterocycles. The molecule has 0 amide bonds. The first-order valence-electron chi connectivity index (χ1n) is 2.92. The molecule has 0 aliphatic carbocycles. The van der Waals surface area contributed by atoms with E-state index in [1.54, 1.807) is 14.2 Å². The minimum absolute atomic E-state index is 0.177. The highest BCUT2D eigenvalue weighted by Crippen LogP contribution is 2.31. The van der Waals surface area contributed by atoms with Crippen molar-refractivity contribution in [2.24, 2.45) is 0 Å². The van der Waals surface area contributed by atoms with Gasteiger partial charge in [-0.05, 0) is 6.92 Å². The molecule has 0 saturated carbocycles. The average Bonchev–Trinajstić information content (AvgIpc) is 2.52. The standard InChI is InChI=1S/C6H12O3/c1-6(4-9-6)5(7-2)8-3/h5H,4H2,1-3H3. The van der Waals surface area contributed by atoms with Crippen LogP contribution in [0.25, 0.3) is 0 Å². The monoisotopic (exact) mass is 132 g/mol. The maximum absolute atomic E-state index is 5.09. The summed E-state index contributed by atoms with van der Waals surface area (Å²) in [6.07, 6.45) is -0.211. The van der Waals surface area contributed by atoms with Crippen molar-refractivity contribution in [1.29, 1.82) is 0 Å². The molecular formula is C6H12O3. The van der Waals surface area contributed by atoms with Gasteiger partial charge in [0.1, 0.15) is 5.60 Å². The molecule has 0 N–H and O–H groups in total. The zero-order chi connectivity index (χ0) is 6.91. The number of methoxy groups -OCH3 is 2. The van der Waals surface area contributed by atoms with Crippen LogP contribution in [0.4, 0.5) is 0 Å². The van der Waals surface area contributed by atoms with Crippen molar-refractivity contribution in [2.75, 3.05) is 20.8 Å².